The molecule has 5 nitrogen and oxygen atoms in total. The summed E-state index contributed by atoms with van der Waals surface area (Å²) in [5.74, 6) is 0.987. The minimum absolute atomic E-state index is 0.0497. The number of anilines is 2. The summed E-state index contributed by atoms with van der Waals surface area (Å²) in [5.41, 5.74) is 5.44. The van der Waals surface area contributed by atoms with Crippen molar-refractivity contribution < 1.29 is 4.39 Å². The van der Waals surface area contributed by atoms with Crippen molar-refractivity contribution in [3.8, 4) is 0 Å². The number of nitrogens with two attached hydrogens (primary N) is 1. The molecule has 0 saturated heterocycles. The summed E-state index contributed by atoms with van der Waals surface area (Å²) < 4.78 is 14.2. The number of nitrogen functional groups attached to an aromatic ring is 1. The summed E-state index contributed by atoms with van der Waals surface area (Å²) in [5, 5.41) is 3.40. The monoisotopic (exact) mass is 343 g/mol. The van der Waals surface area contributed by atoms with Crippen LogP contribution < -0.4 is 11.1 Å². The highest BCUT2D eigenvalue weighted by molar-refractivity contribution is 5.33. The predicted molar refractivity (Wildman–Crippen MR) is 97.9 cm³/mol. The molecule has 1 aromatic heterocycles. The van der Waals surface area contributed by atoms with Crippen molar-refractivity contribution in [2.45, 2.75) is 57.7 Å². The molecule has 1 aliphatic rings. The van der Waals surface area contributed by atoms with Crippen LogP contribution in [0.2, 0.25) is 0 Å². The lowest BCUT2D eigenvalue weighted by Gasteiger charge is -2.32. The van der Waals surface area contributed by atoms with E-state index in [0.717, 1.165) is 19.3 Å². The van der Waals surface area contributed by atoms with E-state index in [2.05, 4.69) is 44.5 Å². The molecular formula is C19H26FN5. The van der Waals surface area contributed by atoms with Crippen LogP contribution in [0.5, 0.6) is 0 Å². The maximum absolute atomic E-state index is 14.2. The van der Waals surface area contributed by atoms with Gasteiger partial charge in [-0.1, -0.05) is 43.2 Å². The minimum Gasteiger partial charge on any atom is -0.368 e. The van der Waals surface area contributed by atoms with Crippen molar-refractivity contribution >= 4 is 11.9 Å². The van der Waals surface area contributed by atoms with Gasteiger partial charge in [-0.3, -0.25) is 0 Å². The molecule has 3 N–H and O–H groups in total. The maximum atomic E-state index is 14.2. The highest BCUT2D eigenvalue weighted by atomic mass is 19.1. The fourth-order valence-electron chi connectivity index (χ4n) is 3.45. The van der Waals surface area contributed by atoms with Crippen molar-refractivity contribution in [3.63, 3.8) is 0 Å². The molecule has 6 heteroatoms. The Morgan fingerprint density at radius 2 is 1.84 bits per heavy atom. The Labute approximate surface area is 148 Å². The van der Waals surface area contributed by atoms with E-state index in [9.17, 15) is 4.39 Å². The number of aromatic nitrogens is 3. The number of hydrogen-bond donors (Lipinski definition) is 2. The first-order chi connectivity index (χ1) is 11.9. The standard InChI is InChI=1S/C19H26FN5/c1-19(2,20)16-23-17(21)25-18(24-16)22-15-11-7-6-10-14(15)12-13-8-4-3-5-9-13/h3-5,8-9,14-15H,6-7,10-12H2,1-2H3,(H3,21,22,23,24,25). The Morgan fingerprint density at radius 3 is 2.56 bits per heavy atom. The number of alkyl halides is 1. The molecule has 1 aliphatic carbocycles. The molecule has 1 aromatic carbocycles. The van der Waals surface area contributed by atoms with Gasteiger partial charge in [0.15, 0.2) is 11.5 Å². The molecule has 1 heterocycles. The lowest BCUT2D eigenvalue weighted by molar-refractivity contribution is 0.206. The van der Waals surface area contributed by atoms with E-state index < -0.39 is 5.67 Å². The first-order valence-corrected chi connectivity index (χ1v) is 8.93. The van der Waals surface area contributed by atoms with Crippen LogP contribution in [-0.2, 0) is 12.1 Å². The van der Waals surface area contributed by atoms with Gasteiger partial charge in [-0.2, -0.15) is 15.0 Å². The van der Waals surface area contributed by atoms with Gasteiger partial charge in [-0.15, -0.1) is 0 Å². The molecule has 3 rings (SSSR count). The van der Waals surface area contributed by atoms with E-state index in [4.69, 9.17) is 5.73 Å². The van der Waals surface area contributed by atoms with Gasteiger partial charge in [-0.05, 0) is 44.6 Å². The molecule has 0 bridgehead atoms. The molecule has 1 saturated carbocycles. The Bertz CT molecular complexity index is 699. The molecule has 1 fully saturated rings. The highest BCUT2D eigenvalue weighted by Crippen LogP contribution is 2.30. The molecule has 0 aliphatic heterocycles. The second kappa shape index (κ2) is 7.33. The normalized spacial score (nSPS) is 21.1. The number of rotatable bonds is 5. The third kappa shape index (κ3) is 4.65. The van der Waals surface area contributed by atoms with E-state index in [1.165, 1.54) is 32.3 Å². The smallest absolute Gasteiger partial charge is 0.228 e. The average Bonchev–Trinajstić information content (AvgIpc) is 2.56. The van der Waals surface area contributed by atoms with Crippen LogP contribution in [0.1, 0.15) is 50.9 Å². The summed E-state index contributed by atoms with van der Waals surface area (Å²) in [4.78, 5) is 12.3. The van der Waals surface area contributed by atoms with Crippen LogP contribution in [0.15, 0.2) is 30.3 Å². The summed E-state index contributed by atoms with van der Waals surface area (Å²) in [6, 6.07) is 10.8. The number of nitrogens with zero attached hydrogens (tertiary/aromatic N) is 3. The third-order valence-corrected chi connectivity index (χ3v) is 4.75. The van der Waals surface area contributed by atoms with Gasteiger partial charge in [0.05, 0.1) is 0 Å². The molecule has 0 amide bonds. The number of benzene rings is 1. The van der Waals surface area contributed by atoms with Crippen molar-refractivity contribution in [1.82, 2.24) is 15.0 Å². The predicted octanol–water partition coefficient (Wildman–Crippen LogP) is 3.87. The first kappa shape index (κ1) is 17.6. The van der Waals surface area contributed by atoms with Gasteiger partial charge in [0.25, 0.3) is 0 Å². The largest absolute Gasteiger partial charge is 0.368 e. The molecule has 2 atom stereocenters. The second-order valence-corrected chi connectivity index (χ2v) is 7.30. The SMILES string of the molecule is CC(C)(F)c1nc(N)nc(NC2CCCCC2Cc2ccccc2)n1. The van der Waals surface area contributed by atoms with Crippen molar-refractivity contribution in [3.05, 3.63) is 41.7 Å². The molecule has 2 unspecified atom stereocenters. The third-order valence-electron chi connectivity index (χ3n) is 4.75. The Morgan fingerprint density at radius 1 is 1.12 bits per heavy atom. The molecule has 2 aromatic rings. The zero-order valence-corrected chi connectivity index (χ0v) is 14.9. The van der Waals surface area contributed by atoms with Crippen LogP contribution in [-0.4, -0.2) is 21.0 Å². The quantitative estimate of drug-likeness (QED) is 0.862. The Kier molecular flexibility index (Phi) is 5.16. The number of halogens is 1. The number of hydrogen-bond acceptors (Lipinski definition) is 5. The van der Waals surface area contributed by atoms with Crippen LogP contribution in [0.4, 0.5) is 16.3 Å². The maximum Gasteiger partial charge on any atom is 0.228 e. The van der Waals surface area contributed by atoms with Crippen LogP contribution >= 0.6 is 0 Å². The van der Waals surface area contributed by atoms with Crippen LogP contribution in [0.3, 0.4) is 0 Å². The van der Waals surface area contributed by atoms with E-state index in [1.807, 2.05) is 6.07 Å². The number of nitrogens with one attached hydrogen (secondary N) is 1. The fourth-order valence-corrected chi connectivity index (χ4v) is 3.45. The van der Waals surface area contributed by atoms with E-state index in [1.54, 1.807) is 0 Å². The molecule has 0 spiro atoms. The second-order valence-electron chi connectivity index (χ2n) is 7.30. The van der Waals surface area contributed by atoms with Gasteiger partial charge < -0.3 is 11.1 Å². The lowest BCUT2D eigenvalue weighted by Crippen LogP contribution is -2.34. The minimum atomic E-state index is -1.65. The zero-order chi connectivity index (χ0) is 17.9. The lowest BCUT2D eigenvalue weighted by atomic mass is 9.81. The molecule has 134 valence electrons. The summed E-state index contributed by atoms with van der Waals surface area (Å²) in [6.45, 7) is 2.84. The van der Waals surface area contributed by atoms with Gasteiger partial charge in [0, 0.05) is 6.04 Å². The van der Waals surface area contributed by atoms with Crippen LogP contribution in [0.25, 0.3) is 0 Å². The topological polar surface area (TPSA) is 76.7 Å². The summed E-state index contributed by atoms with van der Waals surface area (Å²) in [7, 11) is 0. The van der Waals surface area contributed by atoms with E-state index in [-0.39, 0.29) is 17.8 Å². The van der Waals surface area contributed by atoms with Gasteiger partial charge >= 0.3 is 0 Å². The highest BCUT2D eigenvalue weighted by Gasteiger charge is 2.28. The molecule has 25 heavy (non-hydrogen) atoms. The van der Waals surface area contributed by atoms with Crippen molar-refractivity contribution in [1.29, 1.82) is 0 Å². The van der Waals surface area contributed by atoms with Crippen molar-refractivity contribution in [2.75, 3.05) is 11.1 Å². The Hall–Kier alpha value is -2.24. The van der Waals surface area contributed by atoms with Gasteiger partial charge in [-0.25, -0.2) is 4.39 Å². The molecule has 0 radical (unpaired) electrons. The zero-order valence-electron chi connectivity index (χ0n) is 14.9. The van der Waals surface area contributed by atoms with Gasteiger partial charge in [0.2, 0.25) is 11.9 Å². The Balaban J connectivity index is 1.76. The summed E-state index contributed by atoms with van der Waals surface area (Å²) in [6.07, 6.45) is 5.63. The first-order valence-electron chi connectivity index (χ1n) is 8.93. The van der Waals surface area contributed by atoms with E-state index >= 15 is 0 Å². The van der Waals surface area contributed by atoms with E-state index in [0.29, 0.717) is 11.9 Å². The fraction of sp³-hybridized carbons (Fsp3) is 0.526. The van der Waals surface area contributed by atoms with Crippen molar-refractivity contribution in [2.24, 2.45) is 5.92 Å². The van der Waals surface area contributed by atoms with Gasteiger partial charge in [0.1, 0.15) is 0 Å². The van der Waals surface area contributed by atoms with Crippen LogP contribution in [0, 0.1) is 5.92 Å². The molecular weight excluding hydrogens is 317 g/mol. The summed E-state index contributed by atoms with van der Waals surface area (Å²) >= 11 is 0. The average molecular weight is 343 g/mol.